The minimum atomic E-state index is -0.0878. The molecule has 0 aliphatic carbocycles. The van der Waals surface area contributed by atoms with Crippen molar-refractivity contribution in [3.63, 3.8) is 0 Å². The highest BCUT2D eigenvalue weighted by Crippen LogP contribution is 2.38. The minimum absolute atomic E-state index is 0.0878. The van der Waals surface area contributed by atoms with Crippen molar-refractivity contribution in [3.8, 4) is 11.5 Å². The van der Waals surface area contributed by atoms with Crippen molar-refractivity contribution in [2.45, 2.75) is 45.2 Å². The van der Waals surface area contributed by atoms with Crippen LogP contribution >= 0.6 is 0 Å². The van der Waals surface area contributed by atoms with Crippen molar-refractivity contribution in [1.29, 1.82) is 0 Å². The number of hydrogen-bond donors (Lipinski definition) is 0. The Balaban J connectivity index is 2.21. The predicted octanol–water partition coefficient (Wildman–Crippen LogP) is 2.45. The van der Waals surface area contributed by atoms with E-state index in [-0.39, 0.29) is 11.6 Å². The molecule has 86 valence electrons. The van der Waals surface area contributed by atoms with Crippen LogP contribution in [0.1, 0.15) is 39.2 Å². The average Bonchev–Trinajstić information content (AvgIpc) is 2.57. The lowest BCUT2D eigenvalue weighted by Gasteiger charge is -2.18. The number of benzene rings is 1. The zero-order chi connectivity index (χ0) is 11.8. The van der Waals surface area contributed by atoms with Gasteiger partial charge in [-0.25, -0.2) is 0 Å². The number of hydrogen-bond acceptors (Lipinski definition) is 2. The quantitative estimate of drug-likeness (QED) is 0.725. The molecule has 1 aromatic rings. The molecule has 0 amide bonds. The molecular formula is C13H19BO2. The SMILES string of the molecule is BC(C)(C)c1ccc2c(c1)OC(CCC)O2. The topological polar surface area (TPSA) is 18.5 Å². The van der Waals surface area contributed by atoms with E-state index in [9.17, 15) is 0 Å². The van der Waals surface area contributed by atoms with E-state index in [1.54, 1.807) is 0 Å². The summed E-state index contributed by atoms with van der Waals surface area (Å²) in [5, 5.41) is 0.154. The summed E-state index contributed by atoms with van der Waals surface area (Å²) in [4.78, 5) is 0. The van der Waals surface area contributed by atoms with E-state index in [0.717, 1.165) is 24.3 Å². The monoisotopic (exact) mass is 218 g/mol. The standard InChI is InChI=1S/C13H19BO2/c1-4-5-12-15-10-7-6-9(13(2,3)14)8-11(10)16-12/h6-8,12H,4-5,14H2,1-3H3. The van der Waals surface area contributed by atoms with Crippen LogP contribution in [0.3, 0.4) is 0 Å². The van der Waals surface area contributed by atoms with Crippen LogP contribution in [-0.4, -0.2) is 14.1 Å². The molecule has 1 aliphatic rings. The third kappa shape index (κ3) is 2.18. The lowest BCUT2D eigenvalue weighted by molar-refractivity contribution is 0.0413. The molecule has 1 aromatic carbocycles. The second-order valence-corrected chi connectivity index (χ2v) is 5.37. The van der Waals surface area contributed by atoms with Crippen molar-refractivity contribution >= 4 is 7.85 Å². The summed E-state index contributed by atoms with van der Waals surface area (Å²) in [5.74, 6) is 1.78. The molecule has 3 heteroatoms. The fraction of sp³-hybridized carbons (Fsp3) is 0.538. The largest absolute Gasteiger partial charge is 0.451 e. The molecule has 1 aliphatic heterocycles. The summed E-state index contributed by atoms with van der Waals surface area (Å²) in [5.41, 5.74) is 1.28. The summed E-state index contributed by atoms with van der Waals surface area (Å²) < 4.78 is 11.5. The smallest absolute Gasteiger partial charge is 0.241 e. The van der Waals surface area contributed by atoms with Crippen molar-refractivity contribution in [2.24, 2.45) is 0 Å². The van der Waals surface area contributed by atoms with E-state index in [4.69, 9.17) is 9.47 Å². The van der Waals surface area contributed by atoms with E-state index in [1.807, 2.05) is 6.07 Å². The van der Waals surface area contributed by atoms with Gasteiger partial charge >= 0.3 is 0 Å². The molecule has 0 N–H and O–H groups in total. The van der Waals surface area contributed by atoms with Gasteiger partial charge in [-0.15, -0.1) is 0 Å². The minimum Gasteiger partial charge on any atom is -0.451 e. The molecule has 0 spiro atoms. The third-order valence-corrected chi connectivity index (χ3v) is 2.85. The van der Waals surface area contributed by atoms with Crippen LogP contribution in [0.15, 0.2) is 18.2 Å². The van der Waals surface area contributed by atoms with Crippen LogP contribution in [0.25, 0.3) is 0 Å². The van der Waals surface area contributed by atoms with E-state index < -0.39 is 0 Å². The van der Waals surface area contributed by atoms with Crippen molar-refractivity contribution < 1.29 is 9.47 Å². The Labute approximate surface area is 98.4 Å². The van der Waals surface area contributed by atoms with Crippen LogP contribution in [0.2, 0.25) is 0 Å². The molecular weight excluding hydrogens is 199 g/mol. The fourth-order valence-electron chi connectivity index (χ4n) is 1.82. The molecule has 16 heavy (non-hydrogen) atoms. The lowest BCUT2D eigenvalue weighted by atomic mass is 9.67. The zero-order valence-electron chi connectivity index (χ0n) is 10.5. The first-order valence-electron chi connectivity index (χ1n) is 5.98. The van der Waals surface area contributed by atoms with Gasteiger partial charge in [0, 0.05) is 6.42 Å². The zero-order valence-corrected chi connectivity index (χ0v) is 10.5. The molecule has 2 nitrogen and oxygen atoms in total. The van der Waals surface area contributed by atoms with Crippen LogP contribution < -0.4 is 9.47 Å². The molecule has 0 radical (unpaired) electrons. The summed E-state index contributed by atoms with van der Waals surface area (Å²) in [7, 11) is 2.20. The average molecular weight is 218 g/mol. The second kappa shape index (κ2) is 4.04. The van der Waals surface area contributed by atoms with Crippen LogP contribution in [0, 0.1) is 0 Å². The molecule has 1 atom stereocenters. The van der Waals surface area contributed by atoms with Gasteiger partial charge in [-0.2, -0.15) is 0 Å². The lowest BCUT2D eigenvalue weighted by Crippen LogP contribution is -2.17. The first-order valence-corrected chi connectivity index (χ1v) is 5.98. The number of fused-ring (bicyclic) bond motifs is 1. The maximum Gasteiger partial charge on any atom is 0.241 e. The predicted molar refractivity (Wildman–Crippen MR) is 68.0 cm³/mol. The first-order chi connectivity index (χ1) is 7.50. The van der Waals surface area contributed by atoms with Gasteiger partial charge in [-0.3, -0.25) is 0 Å². The van der Waals surface area contributed by atoms with Gasteiger partial charge in [-0.1, -0.05) is 26.8 Å². The van der Waals surface area contributed by atoms with Gasteiger partial charge in [-0.05, 0) is 29.4 Å². The third-order valence-electron chi connectivity index (χ3n) is 2.85. The van der Waals surface area contributed by atoms with Crippen molar-refractivity contribution in [1.82, 2.24) is 0 Å². The maximum absolute atomic E-state index is 5.76. The first kappa shape index (κ1) is 11.4. The fourth-order valence-corrected chi connectivity index (χ4v) is 1.82. The van der Waals surface area contributed by atoms with Gasteiger partial charge in [0.2, 0.25) is 6.29 Å². The summed E-state index contributed by atoms with van der Waals surface area (Å²) in [6, 6.07) is 6.24. The Hall–Kier alpha value is -1.12. The number of ether oxygens (including phenoxy) is 2. The Morgan fingerprint density at radius 3 is 2.56 bits per heavy atom. The van der Waals surface area contributed by atoms with Gasteiger partial charge in [0.15, 0.2) is 11.5 Å². The summed E-state index contributed by atoms with van der Waals surface area (Å²) in [6.07, 6.45) is 1.93. The Morgan fingerprint density at radius 2 is 1.94 bits per heavy atom. The molecule has 0 saturated heterocycles. The molecule has 0 saturated carbocycles. The Kier molecular flexibility index (Phi) is 2.87. The van der Waals surface area contributed by atoms with Gasteiger partial charge in [0.1, 0.15) is 7.85 Å². The summed E-state index contributed by atoms with van der Waals surface area (Å²) in [6.45, 7) is 6.54. The van der Waals surface area contributed by atoms with Gasteiger partial charge < -0.3 is 9.47 Å². The Bertz CT molecular complexity index is 382. The molecule has 1 unspecified atom stereocenters. The van der Waals surface area contributed by atoms with E-state index in [2.05, 4.69) is 40.8 Å². The van der Waals surface area contributed by atoms with E-state index in [1.165, 1.54) is 5.56 Å². The van der Waals surface area contributed by atoms with Crippen LogP contribution in [-0.2, 0) is 5.31 Å². The van der Waals surface area contributed by atoms with E-state index >= 15 is 0 Å². The molecule has 0 aromatic heterocycles. The highest BCUT2D eigenvalue weighted by atomic mass is 16.7. The van der Waals surface area contributed by atoms with Crippen molar-refractivity contribution in [3.05, 3.63) is 23.8 Å². The van der Waals surface area contributed by atoms with Crippen LogP contribution in [0.5, 0.6) is 11.5 Å². The molecule has 0 fully saturated rings. The molecule has 0 bridgehead atoms. The van der Waals surface area contributed by atoms with Gasteiger partial charge in [0.05, 0.1) is 0 Å². The summed E-state index contributed by atoms with van der Waals surface area (Å²) >= 11 is 0. The van der Waals surface area contributed by atoms with Gasteiger partial charge in [0.25, 0.3) is 0 Å². The highest BCUT2D eigenvalue weighted by molar-refractivity contribution is 6.15. The number of rotatable bonds is 3. The normalized spacial score (nSPS) is 18.8. The second-order valence-electron chi connectivity index (χ2n) is 5.37. The molecule has 2 rings (SSSR count). The van der Waals surface area contributed by atoms with E-state index in [0.29, 0.717) is 0 Å². The van der Waals surface area contributed by atoms with Crippen LogP contribution in [0.4, 0.5) is 0 Å². The maximum atomic E-state index is 5.76. The van der Waals surface area contributed by atoms with Crippen molar-refractivity contribution in [2.75, 3.05) is 0 Å². The highest BCUT2D eigenvalue weighted by Gasteiger charge is 2.25. The Morgan fingerprint density at radius 1 is 1.25 bits per heavy atom. The molecule has 1 heterocycles.